The number of fused-ring (bicyclic) bond motifs is 2. The molecule has 0 spiro atoms. The second-order valence-electron chi connectivity index (χ2n) is 14.2. The first kappa shape index (κ1) is 33.4. The summed E-state index contributed by atoms with van der Waals surface area (Å²) >= 11 is 0. The van der Waals surface area contributed by atoms with Crippen LogP contribution in [0.2, 0.25) is 18.1 Å². The minimum absolute atomic E-state index is 0.0655. The number of aromatic nitrogens is 5. The Hall–Kier alpha value is -3.97. The molecule has 0 radical (unpaired) electrons. The fourth-order valence-electron chi connectivity index (χ4n) is 5.10. The number of ether oxygens (including phenoxy) is 3. The number of rotatable bonds is 8. The number of amides is 1. The fourth-order valence-corrected chi connectivity index (χ4v) is 6.36. The van der Waals surface area contributed by atoms with E-state index in [2.05, 4.69) is 43.9 Å². The molecule has 0 saturated carbocycles. The summed E-state index contributed by atoms with van der Waals surface area (Å²) in [5.41, 5.74) is 4.11. The van der Waals surface area contributed by atoms with Gasteiger partial charge in [-0.15, -0.1) is 0 Å². The predicted octanol–water partition coefficient (Wildman–Crippen LogP) is 6.94. The van der Waals surface area contributed by atoms with E-state index in [1.165, 1.54) is 12.3 Å². The largest absolute Gasteiger partial charge is 0.493 e. The Morgan fingerprint density at radius 3 is 2.46 bits per heavy atom. The molecule has 0 fully saturated rings. The number of carbonyl (C=O) groups is 1. The second kappa shape index (κ2) is 12.3. The third kappa shape index (κ3) is 6.90. The quantitative estimate of drug-likeness (QED) is 0.189. The van der Waals surface area contributed by atoms with Gasteiger partial charge in [-0.25, -0.2) is 13.7 Å². The zero-order valence-electron chi connectivity index (χ0n) is 28.5. The zero-order chi connectivity index (χ0) is 33.6. The average molecular weight is 653 g/mol. The third-order valence-corrected chi connectivity index (χ3v) is 13.1. The van der Waals surface area contributed by atoms with Gasteiger partial charge in [0.2, 0.25) is 0 Å². The Kier molecular flexibility index (Phi) is 8.95. The van der Waals surface area contributed by atoms with E-state index >= 15 is 0 Å². The SMILES string of the molecule is COc1cnn2cc(-c3nn4c(c3C)CN(C(=O)OC(C)(C)C)CC4)cc(OCC(O[Si](C)(C)C(C)(C)C)c3ccc(F)cn3)c12. The van der Waals surface area contributed by atoms with Crippen molar-refractivity contribution in [3.05, 3.63) is 59.6 Å². The number of pyridine rings is 2. The Bertz CT molecular complexity index is 1720. The fraction of sp³-hybridized carbons (Fsp3) is 0.515. The molecule has 5 heterocycles. The first-order chi connectivity index (χ1) is 21.5. The van der Waals surface area contributed by atoms with Crippen LogP contribution in [0.3, 0.4) is 0 Å². The highest BCUT2D eigenvalue weighted by molar-refractivity contribution is 6.74. The van der Waals surface area contributed by atoms with Gasteiger partial charge in [-0.05, 0) is 64.0 Å². The first-order valence-electron chi connectivity index (χ1n) is 15.5. The van der Waals surface area contributed by atoms with Gasteiger partial charge in [-0.1, -0.05) is 20.8 Å². The second-order valence-corrected chi connectivity index (χ2v) is 19.0. The van der Waals surface area contributed by atoms with Crippen LogP contribution in [0.25, 0.3) is 16.8 Å². The van der Waals surface area contributed by atoms with E-state index in [1.54, 1.807) is 28.8 Å². The van der Waals surface area contributed by atoms with Gasteiger partial charge in [0.25, 0.3) is 0 Å². The van der Waals surface area contributed by atoms with E-state index in [0.717, 1.165) is 22.5 Å². The van der Waals surface area contributed by atoms with Gasteiger partial charge in [0.15, 0.2) is 19.6 Å². The number of methoxy groups -OCH3 is 1. The summed E-state index contributed by atoms with van der Waals surface area (Å²) in [6, 6.07) is 4.95. The van der Waals surface area contributed by atoms with Crippen molar-refractivity contribution in [2.45, 2.75) is 91.4 Å². The van der Waals surface area contributed by atoms with Crippen LogP contribution < -0.4 is 9.47 Å². The Morgan fingerprint density at radius 2 is 1.83 bits per heavy atom. The van der Waals surface area contributed by atoms with Gasteiger partial charge in [-0.2, -0.15) is 10.2 Å². The number of nitrogens with zero attached hydrogens (tertiary/aromatic N) is 6. The van der Waals surface area contributed by atoms with Crippen LogP contribution in [-0.2, 0) is 22.3 Å². The molecule has 0 aliphatic carbocycles. The molecule has 13 heteroatoms. The van der Waals surface area contributed by atoms with Gasteiger partial charge in [0, 0.05) is 23.9 Å². The van der Waals surface area contributed by atoms with Gasteiger partial charge >= 0.3 is 6.09 Å². The highest BCUT2D eigenvalue weighted by Crippen LogP contribution is 2.41. The summed E-state index contributed by atoms with van der Waals surface area (Å²) in [6.07, 6.45) is 3.85. The van der Waals surface area contributed by atoms with E-state index in [4.69, 9.17) is 23.7 Å². The van der Waals surface area contributed by atoms with E-state index < -0.39 is 25.8 Å². The van der Waals surface area contributed by atoms with Crippen molar-refractivity contribution in [2.24, 2.45) is 0 Å². The smallest absolute Gasteiger partial charge is 0.410 e. The standard InChI is InChI=1S/C33H45FN6O5Si/c1-21-25-19-38(31(41)44-32(2,3)4)13-14-39(25)37-29(21)22-15-26(30-27(42-8)17-36-40(30)18-22)43-20-28(24-12-11-23(34)16-35-24)45-46(9,10)33(5,6)7/h11-12,15-18,28H,13-14,19-20H2,1-10H3. The zero-order valence-corrected chi connectivity index (χ0v) is 29.5. The molecule has 0 bridgehead atoms. The minimum Gasteiger partial charge on any atom is -0.493 e. The van der Waals surface area contributed by atoms with Crippen molar-refractivity contribution >= 4 is 19.9 Å². The summed E-state index contributed by atoms with van der Waals surface area (Å²) in [7, 11) is -0.683. The van der Waals surface area contributed by atoms with Crippen molar-refractivity contribution in [2.75, 3.05) is 20.3 Å². The lowest BCUT2D eigenvalue weighted by atomic mass is 10.1. The molecule has 1 unspecified atom stereocenters. The number of hydrogen-bond acceptors (Lipinski definition) is 8. The normalized spacial score (nSPS) is 14.7. The first-order valence-corrected chi connectivity index (χ1v) is 18.4. The topological polar surface area (TPSA) is 105 Å². The van der Waals surface area contributed by atoms with Gasteiger partial charge in [0.1, 0.15) is 29.9 Å². The molecule has 5 rings (SSSR count). The molecule has 1 aliphatic heterocycles. The minimum atomic E-state index is -2.27. The van der Waals surface area contributed by atoms with Crippen molar-refractivity contribution in [3.63, 3.8) is 0 Å². The molecule has 1 aliphatic rings. The molecule has 248 valence electrons. The highest BCUT2D eigenvalue weighted by atomic mass is 28.4. The van der Waals surface area contributed by atoms with Crippen LogP contribution in [0.1, 0.15) is 64.6 Å². The number of carbonyl (C=O) groups excluding carboxylic acids is 1. The average Bonchev–Trinajstić information content (AvgIpc) is 3.54. The van der Waals surface area contributed by atoms with E-state index in [1.807, 2.05) is 44.6 Å². The molecular formula is C33H45FN6O5Si. The van der Waals surface area contributed by atoms with Crippen LogP contribution in [0.5, 0.6) is 11.5 Å². The third-order valence-electron chi connectivity index (χ3n) is 8.64. The van der Waals surface area contributed by atoms with Crippen molar-refractivity contribution < 1.29 is 27.8 Å². The maximum atomic E-state index is 13.8. The molecule has 1 atom stereocenters. The van der Waals surface area contributed by atoms with Crippen LogP contribution in [-0.4, -0.2) is 69.6 Å². The van der Waals surface area contributed by atoms with Crippen LogP contribution in [0, 0.1) is 12.7 Å². The van der Waals surface area contributed by atoms with Gasteiger partial charge in [-0.3, -0.25) is 9.67 Å². The Labute approximate surface area is 270 Å². The number of halogens is 1. The van der Waals surface area contributed by atoms with Crippen molar-refractivity contribution in [3.8, 4) is 22.8 Å². The Balaban J connectivity index is 1.49. The molecular weight excluding hydrogens is 607 g/mol. The molecule has 4 aromatic rings. The summed E-state index contributed by atoms with van der Waals surface area (Å²) < 4.78 is 42.0. The van der Waals surface area contributed by atoms with E-state index in [9.17, 15) is 9.18 Å². The van der Waals surface area contributed by atoms with E-state index in [-0.39, 0.29) is 17.7 Å². The molecule has 0 N–H and O–H groups in total. The Morgan fingerprint density at radius 1 is 1.09 bits per heavy atom. The van der Waals surface area contributed by atoms with Crippen LogP contribution in [0.4, 0.5) is 9.18 Å². The number of hydrogen-bond donors (Lipinski definition) is 0. The molecule has 11 nitrogen and oxygen atoms in total. The summed E-state index contributed by atoms with van der Waals surface area (Å²) in [4.78, 5) is 18.9. The maximum absolute atomic E-state index is 13.8. The predicted molar refractivity (Wildman–Crippen MR) is 175 cm³/mol. The summed E-state index contributed by atoms with van der Waals surface area (Å²) in [5.74, 6) is 0.664. The molecule has 46 heavy (non-hydrogen) atoms. The molecule has 0 aromatic carbocycles. The van der Waals surface area contributed by atoms with Gasteiger partial charge < -0.3 is 23.5 Å². The van der Waals surface area contributed by atoms with Crippen LogP contribution >= 0.6 is 0 Å². The lowest BCUT2D eigenvalue weighted by Gasteiger charge is -2.39. The van der Waals surface area contributed by atoms with E-state index in [0.29, 0.717) is 42.3 Å². The summed E-state index contributed by atoms with van der Waals surface area (Å²) in [5, 5.41) is 9.40. The molecule has 4 aromatic heterocycles. The van der Waals surface area contributed by atoms with Crippen molar-refractivity contribution in [1.82, 2.24) is 29.3 Å². The highest BCUT2D eigenvalue weighted by Gasteiger charge is 2.40. The molecule has 0 saturated heterocycles. The maximum Gasteiger partial charge on any atom is 0.410 e. The molecule has 1 amide bonds. The lowest BCUT2D eigenvalue weighted by Crippen LogP contribution is -2.43. The van der Waals surface area contributed by atoms with Gasteiger partial charge in [0.05, 0.1) is 49.7 Å². The van der Waals surface area contributed by atoms with Crippen LogP contribution in [0.15, 0.2) is 36.8 Å². The van der Waals surface area contributed by atoms with Crippen molar-refractivity contribution in [1.29, 1.82) is 0 Å². The lowest BCUT2D eigenvalue weighted by molar-refractivity contribution is 0.0194. The monoisotopic (exact) mass is 652 g/mol. The summed E-state index contributed by atoms with van der Waals surface area (Å²) in [6.45, 7) is 20.0.